The van der Waals surface area contributed by atoms with E-state index in [-0.39, 0.29) is 5.78 Å². The second-order valence-corrected chi connectivity index (χ2v) is 4.61. The van der Waals surface area contributed by atoms with E-state index in [1.165, 1.54) is 6.26 Å². The van der Waals surface area contributed by atoms with Crippen LogP contribution in [-0.2, 0) is 14.3 Å². The molecule has 1 heterocycles. The largest absolute Gasteiger partial charge is 0.494 e. The highest BCUT2D eigenvalue weighted by molar-refractivity contribution is 5.94. The second-order valence-electron chi connectivity index (χ2n) is 4.61. The minimum Gasteiger partial charge on any atom is -0.494 e. The fourth-order valence-electron chi connectivity index (χ4n) is 2.02. The number of aliphatic hydroxyl groups is 1. The van der Waals surface area contributed by atoms with Crippen molar-refractivity contribution in [3.8, 4) is 0 Å². The van der Waals surface area contributed by atoms with Crippen molar-refractivity contribution in [1.82, 2.24) is 0 Å². The van der Waals surface area contributed by atoms with Crippen molar-refractivity contribution < 1.29 is 19.4 Å². The first kappa shape index (κ1) is 10.5. The summed E-state index contributed by atoms with van der Waals surface area (Å²) in [7, 11) is 0. The van der Waals surface area contributed by atoms with Gasteiger partial charge in [-0.2, -0.15) is 0 Å². The van der Waals surface area contributed by atoms with E-state index in [0.29, 0.717) is 31.8 Å². The Hall–Kier alpha value is -1.03. The third-order valence-electron chi connectivity index (χ3n) is 3.47. The summed E-state index contributed by atoms with van der Waals surface area (Å²) in [5, 5.41) is 10.2. The molecule has 0 saturated heterocycles. The molecule has 1 N–H and O–H groups in total. The number of hydrogen-bond donors (Lipinski definition) is 1. The lowest BCUT2D eigenvalue weighted by Crippen LogP contribution is -2.59. The highest BCUT2D eigenvalue weighted by atomic mass is 16.6. The molecule has 1 saturated carbocycles. The van der Waals surface area contributed by atoms with E-state index in [0.717, 1.165) is 0 Å². The van der Waals surface area contributed by atoms with E-state index in [9.17, 15) is 9.90 Å². The van der Waals surface area contributed by atoms with E-state index in [2.05, 4.69) is 0 Å². The first-order chi connectivity index (χ1) is 6.98. The van der Waals surface area contributed by atoms with Crippen LogP contribution in [0.25, 0.3) is 0 Å². The number of ether oxygens (including phenoxy) is 2. The Morgan fingerprint density at radius 3 is 2.60 bits per heavy atom. The molecule has 2 rings (SSSR count). The van der Waals surface area contributed by atoms with Gasteiger partial charge in [0.2, 0.25) is 0 Å². The summed E-state index contributed by atoms with van der Waals surface area (Å²) >= 11 is 0. The molecule has 2 aliphatic rings. The third kappa shape index (κ3) is 1.35. The molecule has 1 aliphatic carbocycles. The van der Waals surface area contributed by atoms with Crippen LogP contribution in [0.4, 0.5) is 0 Å². The highest BCUT2D eigenvalue weighted by Gasteiger charge is 2.57. The van der Waals surface area contributed by atoms with Crippen molar-refractivity contribution >= 4 is 5.78 Å². The van der Waals surface area contributed by atoms with Gasteiger partial charge in [-0.25, -0.2) is 0 Å². The smallest absolute Gasteiger partial charge is 0.165 e. The van der Waals surface area contributed by atoms with Crippen molar-refractivity contribution in [1.29, 1.82) is 0 Å². The number of carbonyl (C=O) groups excluding carboxylic acids is 1. The van der Waals surface area contributed by atoms with E-state index >= 15 is 0 Å². The van der Waals surface area contributed by atoms with Gasteiger partial charge in [0, 0.05) is 6.42 Å². The first-order valence-corrected chi connectivity index (χ1v) is 5.19. The summed E-state index contributed by atoms with van der Waals surface area (Å²) < 4.78 is 10.6. The lowest BCUT2D eigenvalue weighted by Gasteiger charge is -2.47. The lowest BCUT2D eigenvalue weighted by molar-refractivity contribution is -0.170. The Labute approximate surface area is 88.9 Å². The van der Waals surface area contributed by atoms with Crippen LogP contribution >= 0.6 is 0 Å². The average molecular weight is 212 g/mol. The molecule has 0 radical (unpaired) electrons. The van der Waals surface area contributed by atoms with Crippen molar-refractivity contribution in [2.45, 2.75) is 32.3 Å². The maximum Gasteiger partial charge on any atom is 0.165 e. The van der Waals surface area contributed by atoms with Crippen molar-refractivity contribution in [3.05, 3.63) is 12.0 Å². The van der Waals surface area contributed by atoms with Crippen LogP contribution in [0, 0.1) is 5.41 Å². The van der Waals surface area contributed by atoms with Crippen molar-refractivity contribution in [2.75, 3.05) is 13.2 Å². The number of Topliss-reactive ketones (excluding diaryl/α,β-unsaturated/α-hetero) is 1. The highest BCUT2D eigenvalue weighted by Crippen LogP contribution is 2.48. The van der Waals surface area contributed by atoms with Gasteiger partial charge in [-0.1, -0.05) is 0 Å². The van der Waals surface area contributed by atoms with Crippen LogP contribution in [0.3, 0.4) is 0 Å². The van der Waals surface area contributed by atoms with Gasteiger partial charge in [0.25, 0.3) is 0 Å². The van der Waals surface area contributed by atoms with Gasteiger partial charge in [-0.15, -0.1) is 0 Å². The monoisotopic (exact) mass is 212 g/mol. The maximum atomic E-state index is 11.5. The Bertz CT molecular complexity index is 319. The van der Waals surface area contributed by atoms with Gasteiger partial charge < -0.3 is 14.6 Å². The van der Waals surface area contributed by atoms with E-state index in [4.69, 9.17) is 9.47 Å². The predicted octanol–water partition coefficient (Wildman–Crippen LogP) is 0.995. The second kappa shape index (κ2) is 3.23. The lowest BCUT2D eigenvalue weighted by atomic mass is 9.61. The van der Waals surface area contributed by atoms with Crippen LogP contribution in [0.15, 0.2) is 12.0 Å². The topological polar surface area (TPSA) is 55.8 Å². The normalized spacial score (nSPS) is 31.1. The zero-order valence-corrected chi connectivity index (χ0v) is 9.08. The van der Waals surface area contributed by atoms with Crippen LogP contribution < -0.4 is 0 Å². The maximum absolute atomic E-state index is 11.5. The molecule has 1 fully saturated rings. The molecule has 15 heavy (non-hydrogen) atoms. The molecule has 0 amide bonds. The summed E-state index contributed by atoms with van der Waals surface area (Å²) in [6.07, 6.45) is 2.46. The SMILES string of the molecule is CC(C)(C1=COCCO1)C1(O)CCC1=O. The molecule has 1 unspecified atom stereocenters. The van der Waals surface area contributed by atoms with Crippen LogP contribution in [0.5, 0.6) is 0 Å². The molecule has 0 aromatic heterocycles. The molecule has 0 aromatic rings. The fraction of sp³-hybridized carbons (Fsp3) is 0.727. The quantitative estimate of drug-likeness (QED) is 0.741. The minimum absolute atomic E-state index is 0.109. The molecule has 1 atom stereocenters. The van der Waals surface area contributed by atoms with Crippen LogP contribution in [0.1, 0.15) is 26.7 Å². The number of carbonyl (C=O) groups is 1. The third-order valence-corrected chi connectivity index (χ3v) is 3.47. The fourth-order valence-corrected chi connectivity index (χ4v) is 2.02. The summed E-state index contributed by atoms with van der Waals surface area (Å²) in [4.78, 5) is 11.5. The molecule has 0 bridgehead atoms. The Morgan fingerprint density at radius 2 is 2.20 bits per heavy atom. The summed E-state index contributed by atoms with van der Waals surface area (Å²) in [6, 6.07) is 0. The van der Waals surface area contributed by atoms with Gasteiger partial charge in [0.1, 0.15) is 30.8 Å². The van der Waals surface area contributed by atoms with Gasteiger partial charge in [0.15, 0.2) is 5.78 Å². The van der Waals surface area contributed by atoms with E-state index < -0.39 is 11.0 Å². The minimum atomic E-state index is -1.28. The van der Waals surface area contributed by atoms with E-state index in [1.807, 2.05) is 13.8 Å². The molecule has 1 aliphatic heterocycles. The molecule has 0 aromatic carbocycles. The van der Waals surface area contributed by atoms with Crippen molar-refractivity contribution in [3.63, 3.8) is 0 Å². The molecular formula is C11H16O4. The number of rotatable bonds is 2. The number of hydrogen-bond acceptors (Lipinski definition) is 4. The molecule has 84 valence electrons. The standard InChI is InChI=1S/C11H16O4/c1-10(2,9-7-14-5-6-15-9)11(13)4-3-8(11)12/h7,13H,3-6H2,1-2H3. The van der Waals surface area contributed by atoms with Crippen LogP contribution in [-0.4, -0.2) is 29.7 Å². The Kier molecular flexibility index (Phi) is 2.26. The van der Waals surface area contributed by atoms with Gasteiger partial charge in [0.05, 0.1) is 5.41 Å². The van der Waals surface area contributed by atoms with Gasteiger partial charge in [-0.3, -0.25) is 4.79 Å². The van der Waals surface area contributed by atoms with Gasteiger partial charge >= 0.3 is 0 Å². The Balaban J connectivity index is 2.25. The summed E-state index contributed by atoms with van der Waals surface area (Å²) in [6.45, 7) is 4.61. The van der Waals surface area contributed by atoms with E-state index in [1.54, 1.807) is 0 Å². The summed E-state index contributed by atoms with van der Waals surface area (Å²) in [5.41, 5.74) is -1.98. The Morgan fingerprint density at radius 1 is 1.47 bits per heavy atom. The van der Waals surface area contributed by atoms with Crippen molar-refractivity contribution in [2.24, 2.45) is 5.41 Å². The zero-order valence-electron chi connectivity index (χ0n) is 9.08. The number of ketones is 1. The zero-order chi connectivity index (χ0) is 11.1. The average Bonchev–Trinajstić information content (AvgIpc) is 2.27. The van der Waals surface area contributed by atoms with Crippen LogP contribution in [0.2, 0.25) is 0 Å². The van der Waals surface area contributed by atoms with Gasteiger partial charge in [-0.05, 0) is 20.3 Å². The molecule has 4 heteroatoms. The predicted molar refractivity (Wildman–Crippen MR) is 53.0 cm³/mol. The molecular weight excluding hydrogens is 196 g/mol. The molecule has 0 spiro atoms. The summed E-state index contributed by atoms with van der Waals surface area (Å²) in [5.74, 6) is 0.451. The molecule has 4 nitrogen and oxygen atoms in total. The first-order valence-electron chi connectivity index (χ1n) is 5.19.